The zero-order valence-corrected chi connectivity index (χ0v) is 11.4. The molecule has 0 aromatic carbocycles. The van der Waals surface area contributed by atoms with E-state index in [9.17, 15) is 8.42 Å². The van der Waals surface area contributed by atoms with Crippen LogP contribution in [0.3, 0.4) is 0 Å². The van der Waals surface area contributed by atoms with Gasteiger partial charge in [-0.2, -0.15) is 0 Å². The van der Waals surface area contributed by atoms with E-state index in [2.05, 4.69) is 52.8 Å². The van der Waals surface area contributed by atoms with Gasteiger partial charge in [-0.25, -0.2) is 8.42 Å². The lowest BCUT2D eigenvalue weighted by atomic mass is 10.7. The first-order valence-corrected chi connectivity index (χ1v) is 7.03. The molecule has 1 aromatic rings. The van der Waals surface area contributed by atoms with Gasteiger partial charge < -0.3 is 4.98 Å². The molecule has 0 fully saturated rings. The lowest BCUT2D eigenvalue weighted by molar-refractivity contribution is 0.598. The van der Waals surface area contributed by atoms with Gasteiger partial charge in [-0.05, 0) is 47.8 Å². The van der Waals surface area contributed by atoms with Gasteiger partial charge in [0.2, 0.25) is 0 Å². The van der Waals surface area contributed by atoms with E-state index in [1.807, 2.05) is 0 Å². The molecular weight excluding hydrogens is 378 g/mol. The summed E-state index contributed by atoms with van der Waals surface area (Å²) >= 11 is 9.51. The molecule has 0 radical (unpaired) electrons. The van der Waals surface area contributed by atoms with Crippen LogP contribution in [0.25, 0.3) is 0 Å². The van der Waals surface area contributed by atoms with Crippen LogP contribution in [0.15, 0.2) is 18.6 Å². The van der Waals surface area contributed by atoms with Gasteiger partial charge in [0.05, 0.1) is 13.5 Å². The van der Waals surface area contributed by atoms with Crippen LogP contribution in [0.4, 0.5) is 0 Å². The second kappa shape index (κ2) is 3.43. The van der Waals surface area contributed by atoms with Gasteiger partial charge in [-0.15, -0.1) is 0 Å². The molecule has 3 nitrogen and oxygen atoms in total. The Morgan fingerprint density at radius 1 is 1.17 bits per heavy atom. The van der Waals surface area contributed by atoms with E-state index in [-0.39, 0.29) is 5.03 Å². The normalized spacial score (nSPS) is 12.0. The first kappa shape index (κ1) is 10.7. The Labute approximate surface area is 95.2 Å². The summed E-state index contributed by atoms with van der Waals surface area (Å²) in [4.78, 5) is 2.69. The monoisotopic (exact) mass is 379 g/mol. The topological polar surface area (TPSA) is 49.9 Å². The Morgan fingerprint density at radius 2 is 1.67 bits per heavy atom. The number of halogens is 3. The number of hydrogen-bond donors (Lipinski definition) is 1. The van der Waals surface area contributed by atoms with Gasteiger partial charge in [0.1, 0.15) is 5.03 Å². The SMILES string of the molecule is CS(=O)(=O)c1[nH]c(Br)c(Br)c1Br. The number of hydrogen-bond acceptors (Lipinski definition) is 2. The summed E-state index contributed by atoms with van der Waals surface area (Å²) < 4.78 is 24.0. The van der Waals surface area contributed by atoms with E-state index >= 15 is 0 Å². The van der Waals surface area contributed by atoms with Crippen LogP contribution in [-0.4, -0.2) is 19.7 Å². The lowest BCUT2D eigenvalue weighted by Gasteiger charge is -1.92. The highest BCUT2D eigenvalue weighted by Gasteiger charge is 2.19. The first-order valence-electron chi connectivity index (χ1n) is 2.76. The fourth-order valence-electron chi connectivity index (χ4n) is 0.661. The summed E-state index contributed by atoms with van der Waals surface area (Å²) in [6.45, 7) is 0. The van der Waals surface area contributed by atoms with E-state index in [1.54, 1.807) is 0 Å². The molecule has 0 aliphatic carbocycles. The molecule has 0 spiro atoms. The van der Waals surface area contributed by atoms with Crippen LogP contribution in [-0.2, 0) is 9.84 Å². The largest absolute Gasteiger partial charge is 0.338 e. The molecule has 0 bridgehead atoms. The van der Waals surface area contributed by atoms with Crippen molar-refractivity contribution in [1.82, 2.24) is 4.98 Å². The molecule has 0 unspecified atom stereocenters. The molecule has 12 heavy (non-hydrogen) atoms. The highest BCUT2D eigenvalue weighted by molar-refractivity contribution is 9.14. The zero-order valence-electron chi connectivity index (χ0n) is 5.86. The van der Waals surface area contributed by atoms with Crippen LogP contribution < -0.4 is 0 Å². The van der Waals surface area contributed by atoms with Crippen molar-refractivity contribution in [3.05, 3.63) is 13.5 Å². The molecule has 0 atom stereocenters. The number of aromatic amines is 1. The summed E-state index contributed by atoms with van der Waals surface area (Å²) in [6, 6.07) is 0. The Hall–Kier alpha value is 0.670. The van der Waals surface area contributed by atoms with Crippen molar-refractivity contribution in [1.29, 1.82) is 0 Å². The van der Waals surface area contributed by atoms with Crippen LogP contribution in [0.2, 0.25) is 0 Å². The Kier molecular flexibility index (Phi) is 3.08. The van der Waals surface area contributed by atoms with Gasteiger partial charge in [0.25, 0.3) is 0 Å². The van der Waals surface area contributed by atoms with Crippen LogP contribution >= 0.6 is 47.8 Å². The summed E-state index contributed by atoms with van der Waals surface area (Å²) in [7, 11) is -3.20. The third-order valence-electron chi connectivity index (χ3n) is 1.18. The highest BCUT2D eigenvalue weighted by atomic mass is 79.9. The molecule has 0 aliphatic rings. The Bertz CT molecular complexity index is 409. The molecule has 1 aromatic heterocycles. The lowest BCUT2D eigenvalue weighted by Crippen LogP contribution is -1.97. The minimum absolute atomic E-state index is 0.168. The summed E-state index contributed by atoms with van der Waals surface area (Å²) in [6.07, 6.45) is 1.14. The maximum absolute atomic E-state index is 11.1. The molecule has 0 amide bonds. The fourth-order valence-corrected chi connectivity index (χ4v) is 3.78. The average Bonchev–Trinajstić information content (AvgIpc) is 2.15. The van der Waals surface area contributed by atoms with Crippen molar-refractivity contribution in [2.45, 2.75) is 5.03 Å². The van der Waals surface area contributed by atoms with Gasteiger partial charge in [-0.1, -0.05) is 0 Å². The molecule has 0 aliphatic heterocycles. The number of nitrogens with one attached hydrogen (secondary N) is 1. The van der Waals surface area contributed by atoms with Crippen molar-refractivity contribution < 1.29 is 8.42 Å². The van der Waals surface area contributed by atoms with Crippen LogP contribution in [0.1, 0.15) is 0 Å². The predicted octanol–water partition coefficient (Wildman–Crippen LogP) is 2.71. The Morgan fingerprint density at radius 3 is 1.83 bits per heavy atom. The zero-order chi connectivity index (χ0) is 9.52. The third-order valence-corrected chi connectivity index (χ3v) is 5.73. The van der Waals surface area contributed by atoms with Gasteiger partial charge >= 0.3 is 0 Å². The summed E-state index contributed by atoms with van der Waals surface area (Å²) in [5.74, 6) is 0. The number of sulfone groups is 1. The minimum atomic E-state index is -3.20. The number of H-pyrrole nitrogens is 1. The third kappa shape index (κ3) is 1.94. The van der Waals surface area contributed by atoms with Crippen LogP contribution in [0.5, 0.6) is 0 Å². The minimum Gasteiger partial charge on any atom is -0.338 e. The summed E-state index contributed by atoms with van der Waals surface area (Å²) in [5.41, 5.74) is 0. The standard InChI is InChI=1S/C5H4Br3NO2S/c1-12(10,11)5-3(7)2(6)4(8)9-5/h9H,1H3. The average molecular weight is 382 g/mol. The second-order valence-electron chi connectivity index (χ2n) is 2.17. The van der Waals surface area contributed by atoms with E-state index in [0.29, 0.717) is 13.5 Å². The van der Waals surface area contributed by atoms with E-state index in [0.717, 1.165) is 6.26 Å². The molecule has 68 valence electrons. The van der Waals surface area contributed by atoms with Gasteiger partial charge in [0, 0.05) is 6.26 Å². The molecule has 0 saturated heterocycles. The van der Waals surface area contributed by atoms with Crippen molar-refractivity contribution >= 4 is 57.6 Å². The molecule has 7 heteroatoms. The van der Waals surface area contributed by atoms with Crippen molar-refractivity contribution in [3.63, 3.8) is 0 Å². The van der Waals surface area contributed by atoms with Crippen LogP contribution in [0, 0.1) is 0 Å². The van der Waals surface area contributed by atoms with Crippen molar-refractivity contribution in [3.8, 4) is 0 Å². The first-order chi connectivity index (χ1) is 5.34. The highest BCUT2D eigenvalue weighted by Crippen LogP contribution is 2.35. The molecule has 1 rings (SSSR count). The quantitative estimate of drug-likeness (QED) is 0.813. The fraction of sp³-hybridized carbons (Fsp3) is 0.200. The summed E-state index contributed by atoms with van der Waals surface area (Å²) in [5, 5.41) is 0.168. The van der Waals surface area contributed by atoms with E-state index in [1.165, 1.54) is 0 Å². The molecule has 1 N–H and O–H groups in total. The number of aromatic nitrogens is 1. The predicted molar refractivity (Wildman–Crippen MR) is 57.0 cm³/mol. The number of rotatable bonds is 1. The molecule has 0 saturated carbocycles. The maximum Gasteiger partial charge on any atom is 0.191 e. The smallest absolute Gasteiger partial charge is 0.191 e. The van der Waals surface area contributed by atoms with E-state index in [4.69, 9.17) is 0 Å². The molecular formula is C5H4Br3NO2S. The van der Waals surface area contributed by atoms with Crippen molar-refractivity contribution in [2.24, 2.45) is 0 Å². The van der Waals surface area contributed by atoms with Gasteiger partial charge in [-0.3, -0.25) is 0 Å². The Balaban J connectivity index is 3.48. The second-order valence-corrected chi connectivity index (χ2v) is 6.50. The maximum atomic E-state index is 11.1. The van der Waals surface area contributed by atoms with Gasteiger partial charge in [0.15, 0.2) is 9.84 Å². The van der Waals surface area contributed by atoms with E-state index < -0.39 is 9.84 Å². The molecule has 1 heterocycles. The van der Waals surface area contributed by atoms with Crippen molar-refractivity contribution in [2.75, 3.05) is 6.26 Å².